The molecule has 0 radical (unpaired) electrons. The number of aromatic amines is 1. The third-order valence-corrected chi connectivity index (χ3v) is 3.96. The van der Waals surface area contributed by atoms with Gasteiger partial charge in [-0.15, -0.1) is 0 Å². The SMILES string of the molecule is O=C(Nc1cccc2c(O)cccc12)c1ccc2cc[nH]c2c1. The van der Waals surface area contributed by atoms with Crippen molar-refractivity contribution in [1.82, 2.24) is 4.98 Å². The summed E-state index contributed by atoms with van der Waals surface area (Å²) in [6, 6.07) is 18.2. The first kappa shape index (κ1) is 13.4. The van der Waals surface area contributed by atoms with Gasteiger partial charge in [0.05, 0.1) is 0 Å². The molecule has 4 nitrogen and oxygen atoms in total. The Labute approximate surface area is 132 Å². The second-order valence-corrected chi connectivity index (χ2v) is 5.41. The van der Waals surface area contributed by atoms with Gasteiger partial charge in [0.15, 0.2) is 0 Å². The third kappa shape index (κ3) is 2.30. The molecule has 1 amide bonds. The molecule has 0 fully saturated rings. The molecule has 0 spiro atoms. The molecule has 3 aromatic carbocycles. The van der Waals surface area contributed by atoms with Gasteiger partial charge in [-0.1, -0.05) is 30.3 Å². The molecule has 3 N–H and O–H groups in total. The summed E-state index contributed by atoms with van der Waals surface area (Å²) in [6.07, 6.45) is 1.85. The van der Waals surface area contributed by atoms with E-state index in [1.807, 2.05) is 48.7 Å². The molecule has 4 rings (SSSR count). The fourth-order valence-electron chi connectivity index (χ4n) is 2.79. The molecule has 0 aliphatic rings. The van der Waals surface area contributed by atoms with Crippen LogP contribution < -0.4 is 5.32 Å². The molecule has 0 bridgehead atoms. The summed E-state index contributed by atoms with van der Waals surface area (Å²) in [5, 5.41) is 15.4. The van der Waals surface area contributed by atoms with Crippen LogP contribution in [-0.4, -0.2) is 16.0 Å². The molecule has 0 aliphatic carbocycles. The second-order valence-electron chi connectivity index (χ2n) is 5.41. The van der Waals surface area contributed by atoms with Gasteiger partial charge in [-0.25, -0.2) is 0 Å². The first-order valence-electron chi connectivity index (χ1n) is 7.31. The van der Waals surface area contributed by atoms with Crippen molar-refractivity contribution in [2.75, 3.05) is 5.32 Å². The number of nitrogens with one attached hydrogen (secondary N) is 2. The summed E-state index contributed by atoms with van der Waals surface area (Å²) in [6.45, 7) is 0. The topological polar surface area (TPSA) is 65.1 Å². The number of phenolic OH excluding ortho intramolecular Hbond substituents is 1. The van der Waals surface area contributed by atoms with Crippen molar-refractivity contribution >= 4 is 33.3 Å². The molecule has 0 saturated heterocycles. The maximum absolute atomic E-state index is 12.5. The van der Waals surface area contributed by atoms with E-state index in [9.17, 15) is 9.90 Å². The fraction of sp³-hybridized carbons (Fsp3) is 0. The highest BCUT2D eigenvalue weighted by molar-refractivity contribution is 6.10. The van der Waals surface area contributed by atoms with Crippen molar-refractivity contribution in [3.05, 3.63) is 72.4 Å². The maximum Gasteiger partial charge on any atom is 0.255 e. The van der Waals surface area contributed by atoms with Gasteiger partial charge in [-0.3, -0.25) is 4.79 Å². The number of carbonyl (C=O) groups excluding carboxylic acids is 1. The Bertz CT molecular complexity index is 1030. The number of fused-ring (bicyclic) bond motifs is 2. The van der Waals surface area contributed by atoms with Crippen molar-refractivity contribution in [3.8, 4) is 5.75 Å². The average Bonchev–Trinajstić information content (AvgIpc) is 3.03. The zero-order chi connectivity index (χ0) is 15.8. The maximum atomic E-state index is 12.5. The van der Waals surface area contributed by atoms with E-state index in [0.717, 1.165) is 16.3 Å². The first-order chi connectivity index (χ1) is 11.2. The van der Waals surface area contributed by atoms with Crippen LogP contribution in [0.3, 0.4) is 0 Å². The highest BCUT2D eigenvalue weighted by atomic mass is 16.3. The first-order valence-corrected chi connectivity index (χ1v) is 7.31. The van der Waals surface area contributed by atoms with Crippen LogP contribution in [0.2, 0.25) is 0 Å². The number of carbonyl (C=O) groups is 1. The summed E-state index contributed by atoms with van der Waals surface area (Å²) >= 11 is 0. The number of benzene rings is 3. The van der Waals surface area contributed by atoms with Gasteiger partial charge in [-0.2, -0.15) is 0 Å². The lowest BCUT2D eigenvalue weighted by Crippen LogP contribution is -2.12. The Kier molecular flexibility index (Phi) is 3.01. The Hall–Kier alpha value is -3.27. The molecule has 23 heavy (non-hydrogen) atoms. The summed E-state index contributed by atoms with van der Waals surface area (Å²) in [5.41, 5.74) is 2.18. The highest BCUT2D eigenvalue weighted by Gasteiger charge is 2.10. The molecular weight excluding hydrogens is 288 g/mol. The van der Waals surface area contributed by atoms with Gasteiger partial charge in [0.2, 0.25) is 0 Å². The van der Waals surface area contributed by atoms with Gasteiger partial charge in [0, 0.05) is 33.7 Å². The van der Waals surface area contributed by atoms with Crippen LogP contribution in [0.4, 0.5) is 5.69 Å². The average molecular weight is 302 g/mol. The van der Waals surface area contributed by atoms with Crippen LogP contribution in [0.5, 0.6) is 5.75 Å². The largest absolute Gasteiger partial charge is 0.507 e. The second kappa shape index (κ2) is 5.18. The molecule has 4 aromatic rings. The summed E-state index contributed by atoms with van der Waals surface area (Å²) in [7, 11) is 0. The lowest BCUT2D eigenvalue weighted by Gasteiger charge is -2.10. The number of aromatic hydroxyl groups is 1. The molecule has 4 heteroatoms. The molecule has 112 valence electrons. The molecule has 1 heterocycles. The zero-order valence-electron chi connectivity index (χ0n) is 12.2. The Morgan fingerprint density at radius 3 is 2.70 bits per heavy atom. The smallest absolute Gasteiger partial charge is 0.255 e. The van der Waals surface area contributed by atoms with E-state index in [0.29, 0.717) is 16.6 Å². The standard InChI is InChI=1S/C19H14N2O2/c22-18-6-2-3-14-15(18)4-1-5-16(14)21-19(23)13-8-7-12-9-10-20-17(12)11-13/h1-11,20,22H,(H,21,23). The Morgan fingerprint density at radius 1 is 0.957 bits per heavy atom. The molecule has 0 unspecified atom stereocenters. The van der Waals surface area contributed by atoms with E-state index < -0.39 is 0 Å². The zero-order valence-corrected chi connectivity index (χ0v) is 12.2. The molecule has 0 atom stereocenters. The van der Waals surface area contributed by atoms with Gasteiger partial charge in [-0.05, 0) is 35.7 Å². The molecular formula is C19H14N2O2. The Morgan fingerprint density at radius 2 is 1.78 bits per heavy atom. The van der Waals surface area contributed by atoms with E-state index in [4.69, 9.17) is 0 Å². The molecule has 0 aliphatic heterocycles. The fourth-order valence-corrected chi connectivity index (χ4v) is 2.79. The van der Waals surface area contributed by atoms with E-state index >= 15 is 0 Å². The third-order valence-electron chi connectivity index (χ3n) is 3.96. The van der Waals surface area contributed by atoms with Gasteiger partial charge in [0.25, 0.3) is 5.91 Å². The van der Waals surface area contributed by atoms with E-state index in [2.05, 4.69) is 10.3 Å². The normalized spacial score (nSPS) is 11.0. The van der Waals surface area contributed by atoms with Crippen molar-refractivity contribution in [1.29, 1.82) is 0 Å². The summed E-state index contributed by atoms with van der Waals surface area (Å²) in [4.78, 5) is 15.6. The van der Waals surface area contributed by atoms with Crippen molar-refractivity contribution in [3.63, 3.8) is 0 Å². The van der Waals surface area contributed by atoms with E-state index in [1.54, 1.807) is 18.2 Å². The van der Waals surface area contributed by atoms with Crippen molar-refractivity contribution in [2.24, 2.45) is 0 Å². The minimum atomic E-state index is -0.183. The predicted molar refractivity (Wildman–Crippen MR) is 91.9 cm³/mol. The van der Waals surface area contributed by atoms with Gasteiger partial charge >= 0.3 is 0 Å². The number of amides is 1. The lowest BCUT2D eigenvalue weighted by atomic mass is 10.1. The number of aromatic nitrogens is 1. The van der Waals surface area contributed by atoms with E-state index in [1.165, 1.54) is 0 Å². The predicted octanol–water partition coefficient (Wildman–Crippen LogP) is 4.28. The van der Waals surface area contributed by atoms with Crippen LogP contribution in [0.25, 0.3) is 21.7 Å². The number of H-pyrrole nitrogens is 1. The Balaban J connectivity index is 1.72. The van der Waals surface area contributed by atoms with Gasteiger partial charge < -0.3 is 15.4 Å². The van der Waals surface area contributed by atoms with Crippen LogP contribution >= 0.6 is 0 Å². The number of phenols is 1. The number of rotatable bonds is 2. The number of anilines is 1. The molecule has 1 aromatic heterocycles. The van der Waals surface area contributed by atoms with Crippen LogP contribution in [0.1, 0.15) is 10.4 Å². The number of hydrogen-bond donors (Lipinski definition) is 3. The lowest BCUT2D eigenvalue weighted by molar-refractivity contribution is 0.102. The number of hydrogen-bond acceptors (Lipinski definition) is 2. The highest BCUT2D eigenvalue weighted by Crippen LogP contribution is 2.30. The quantitative estimate of drug-likeness (QED) is 0.517. The minimum Gasteiger partial charge on any atom is -0.507 e. The van der Waals surface area contributed by atoms with Crippen LogP contribution in [0, 0.1) is 0 Å². The van der Waals surface area contributed by atoms with Gasteiger partial charge in [0.1, 0.15) is 5.75 Å². The summed E-state index contributed by atoms with van der Waals surface area (Å²) in [5.74, 6) is 0.0174. The van der Waals surface area contributed by atoms with Crippen LogP contribution in [-0.2, 0) is 0 Å². The summed E-state index contributed by atoms with van der Waals surface area (Å²) < 4.78 is 0. The monoisotopic (exact) mass is 302 g/mol. The van der Waals surface area contributed by atoms with Crippen LogP contribution in [0.15, 0.2) is 66.9 Å². The van der Waals surface area contributed by atoms with Crippen molar-refractivity contribution in [2.45, 2.75) is 0 Å². The molecule has 0 saturated carbocycles. The van der Waals surface area contributed by atoms with E-state index in [-0.39, 0.29) is 11.7 Å². The van der Waals surface area contributed by atoms with Crippen molar-refractivity contribution < 1.29 is 9.90 Å². The minimum absolute atomic E-state index is 0.183.